The molecular formula is C20H12N4O4. The van der Waals surface area contributed by atoms with Gasteiger partial charge in [-0.2, -0.15) is 0 Å². The number of nitrogens with one attached hydrogen (secondary N) is 2. The fourth-order valence-electron chi connectivity index (χ4n) is 3.38. The van der Waals surface area contributed by atoms with Gasteiger partial charge in [-0.1, -0.05) is 12.1 Å². The molecule has 2 heterocycles. The van der Waals surface area contributed by atoms with Crippen LogP contribution in [0.25, 0.3) is 22.1 Å². The van der Waals surface area contributed by atoms with Gasteiger partial charge in [0, 0.05) is 0 Å². The van der Waals surface area contributed by atoms with Crippen LogP contribution >= 0.6 is 0 Å². The highest BCUT2D eigenvalue weighted by molar-refractivity contribution is 6.11. The largest absolute Gasteiger partial charge is 0.478 e. The van der Waals surface area contributed by atoms with Crippen molar-refractivity contribution < 1.29 is 19.8 Å². The van der Waals surface area contributed by atoms with E-state index < -0.39 is 11.9 Å². The Bertz CT molecular complexity index is 1330. The minimum atomic E-state index is -1.36. The summed E-state index contributed by atoms with van der Waals surface area (Å²) >= 11 is 0. The van der Waals surface area contributed by atoms with Gasteiger partial charge >= 0.3 is 11.9 Å². The van der Waals surface area contributed by atoms with E-state index in [1.165, 1.54) is 12.1 Å². The van der Waals surface area contributed by atoms with Crippen molar-refractivity contribution in [2.24, 2.45) is 0 Å². The van der Waals surface area contributed by atoms with E-state index in [1.807, 2.05) is 30.3 Å². The number of anilines is 4. The van der Waals surface area contributed by atoms with Gasteiger partial charge in [-0.25, -0.2) is 19.6 Å². The van der Waals surface area contributed by atoms with E-state index in [0.717, 1.165) is 22.7 Å². The Balaban J connectivity index is 1.76. The lowest BCUT2D eigenvalue weighted by Gasteiger charge is -2.23. The average molecular weight is 372 g/mol. The van der Waals surface area contributed by atoms with Gasteiger partial charge in [0.1, 0.15) is 11.1 Å². The number of hydrogen-bond acceptors (Lipinski definition) is 6. The number of para-hydroxylation sites is 2. The van der Waals surface area contributed by atoms with Crippen LogP contribution in [0.15, 0.2) is 48.5 Å². The first-order valence-electron chi connectivity index (χ1n) is 8.39. The van der Waals surface area contributed by atoms with Gasteiger partial charge in [-0.05, 0) is 36.4 Å². The van der Waals surface area contributed by atoms with Crippen molar-refractivity contribution in [3.8, 4) is 0 Å². The van der Waals surface area contributed by atoms with Crippen LogP contribution in [0.3, 0.4) is 0 Å². The van der Waals surface area contributed by atoms with E-state index in [1.54, 1.807) is 6.07 Å². The smallest absolute Gasteiger partial charge is 0.338 e. The molecule has 4 aromatic rings. The molecule has 0 amide bonds. The molecule has 3 aromatic carbocycles. The fraction of sp³-hybridized carbons (Fsp3) is 0. The molecule has 0 saturated heterocycles. The maximum absolute atomic E-state index is 11.7. The molecule has 0 bridgehead atoms. The number of aromatic nitrogens is 2. The molecule has 8 nitrogen and oxygen atoms in total. The lowest BCUT2D eigenvalue weighted by Crippen LogP contribution is -2.10. The number of rotatable bonds is 2. The topological polar surface area (TPSA) is 124 Å². The summed E-state index contributed by atoms with van der Waals surface area (Å²) in [7, 11) is 0. The maximum Gasteiger partial charge on any atom is 0.338 e. The zero-order chi connectivity index (χ0) is 19.4. The van der Waals surface area contributed by atoms with E-state index in [9.17, 15) is 19.8 Å². The molecule has 0 radical (unpaired) electrons. The zero-order valence-corrected chi connectivity index (χ0v) is 14.2. The van der Waals surface area contributed by atoms with E-state index in [4.69, 9.17) is 0 Å². The summed E-state index contributed by atoms with van der Waals surface area (Å²) in [6.07, 6.45) is 0. The number of aromatic carboxylic acids is 2. The molecule has 28 heavy (non-hydrogen) atoms. The summed E-state index contributed by atoms with van der Waals surface area (Å²) in [5.41, 5.74) is 4.14. The third-order valence-corrected chi connectivity index (χ3v) is 4.65. The first-order chi connectivity index (χ1) is 13.5. The predicted octanol–water partition coefficient (Wildman–Crippen LogP) is 3.98. The summed E-state index contributed by atoms with van der Waals surface area (Å²) in [6, 6.07) is 14.0. The van der Waals surface area contributed by atoms with Crippen molar-refractivity contribution in [1.82, 2.24) is 9.97 Å². The molecule has 0 fully saturated rings. The SMILES string of the molecule is O=C(O)c1ccc2nc3cc4c(cc3nc2c1C(=O)O)Nc1ccccc1N4. The minimum Gasteiger partial charge on any atom is -0.478 e. The van der Waals surface area contributed by atoms with Crippen LogP contribution in [0.5, 0.6) is 0 Å². The minimum absolute atomic E-state index is 0.0454. The van der Waals surface area contributed by atoms with Crippen LogP contribution in [-0.2, 0) is 0 Å². The van der Waals surface area contributed by atoms with Gasteiger partial charge in [0.25, 0.3) is 0 Å². The van der Waals surface area contributed by atoms with Crippen molar-refractivity contribution >= 4 is 56.8 Å². The second kappa shape index (κ2) is 5.65. The molecule has 1 aliphatic heterocycles. The van der Waals surface area contributed by atoms with Crippen molar-refractivity contribution in [2.75, 3.05) is 10.6 Å². The monoisotopic (exact) mass is 372 g/mol. The summed E-state index contributed by atoms with van der Waals surface area (Å²) in [4.78, 5) is 32.0. The highest BCUT2D eigenvalue weighted by Crippen LogP contribution is 2.40. The van der Waals surface area contributed by atoms with E-state index in [2.05, 4.69) is 20.6 Å². The van der Waals surface area contributed by atoms with E-state index in [-0.39, 0.29) is 16.6 Å². The Hall–Kier alpha value is -4.20. The molecule has 136 valence electrons. The number of carboxylic acid groups (broad SMARTS) is 2. The van der Waals surface area contributed by atoms with Crippen molar-refractivity contribution in [1.29, 1.82) is 0 Å². The molecule has 1 aromatic heterocycles. The molecule has 0 unspecified atom stereocenters. The molecular weight excluding hydrogens is 360 g/mol. The molecule has 5 rings (SSSR count). The molecule has 1 aliphatic rings. The first kappa shape index (κ1) is 16.0. The van der Waals surface area contributed by atoms with Gasteiger partial charge in [0.05, 0.1) is 44.9 Å². The van der Waals surface area contributed by atoms with Gasteiger partial charge in [-0.15, -0.1) is 0 Å². The summed E-state index contributed by atoms with van der Waals surface area (Å²) in [6.45, 7) is 0. The highest BCUT2D eigenvalue weighted by Gasteiger charge is 2.22. The Kier molecular flexibility index (Phi) is 3.23. The quantitative estimate of drug-likeness (QED) is 0.343. The molecule has 8 heteroatoms. The Labute approximate surface area is 157 Å². The van der Waals surface area contributed by atoms with Crippen molar-refractivity contribution in [3.05, 3.63) is 59.7 Å². The Morgan fingerprint density at radius 3 is 1.89 bits per heavy atom. The van der Waals surface area contributed by atoms with Crippen LogP contribution in [0.1, 0.15) is 20.7 Å². The lowest BCUT2D eigenvalue weighted by molar-refractivity contribution is 0.0653. The molecule has 0 saturated carbocycles. The van der Waals surface area contributed by atoms with Crippen LogP contribution in [0, 0.1) is 0 Å². The number of carbonyl (C=O) groups is 2. The molecule has 0 aliphatic carbocycles. The lowest BCUT2D eigenvalue weighted by atomic mass is 10.0. The molecule has 0 atom stereocenters. The summed E-state index contributed by atoms with van der Waals surface area (Å²) < 4.78 is 0. The number of benzene rings is 3. The number of nitrogens with zero attached hydrogens (tertiary/aromatic N) is 2. The first-order valence-corrected chi connectivity index (χ1v) is 8.39. The van der Waals surface area contributed by atoms with Gasteiger partial charge in [0.2, 0.25) is 0 Å². The van der Waals surface area contributed by atoms with E-state index >= 15 is 0 Å². The fourth-order valence-corrected chi connectivity index (χ4v) is 3.38. The average Bonchev–Trinajstić information content (AvgIpc) is 2.67. The van der Waals surface area contributed by atoms with Crippen LogP contribution < -0.4 is 10.6 Å². The Morgan fingerprint density at radius 2 is 1.32 bits per heavy atom. The Morgan fingerprint density at radius 1 is 0.714 bits per heavy atom. The third kappa shape index (κ3) is 2.32. The normalized spacial score (nSPS) is 12.0. The highest BCUT2D eigenvalue weighted by atomic mass is 16.4. The predicted molar refractivity (Wildman–Crippen MR) is 104 cm³/mol. The van der Waals surface area contributed by atoms with Crippen molar-refractivity contribution in [2.45, 2.75) is 0 Å². The van der Waals surface area contributed by atoms with Gasteiger partial charge in [-0.3, -0.25) is 0 Å². The van der Waals surface area contributed by atoms with E-state index in [0.29, 0.717) is 16.6 Å². The van der Waals surface area contributed by atoms with Crippen LogP contribution in [-0.4, -0.2) is 32.1 Å². The second-order valence-electron chi connectivity index (χ2n) is 6.37. The standard InChI is InChI=1S/C20H12N4O4/c25-19(26)9-5-6-12-18(17(9)20(27)28)24-16-8-14-13(7-15(16)23-12)21-10-3-1-2-4-11(10)22-14/h1-8,21-22H,(H,25,26)(H,27,28). The third-order valence-electron chi connectivity index (χ3n) is 4.65. The molecule has 0 spiro atoms. The summed E-state index contributed by atoms with van der Waals surface area (Å²) in [5, 5.41) is 25.5. The molecule has 4 N–H and O–H groups in total. The maximum atomic E-state index is 11.7. The summed E-state index contributed by atoms with van der Waals surface area (Å²) in [5.74, 6) is -2.68. The van der Waals surface area contributed by atoms with Gasteiger partial charge in [0.15, 0.2) is 0 Å². The zero-order valence-electron chi connectivity index (χ0n) is 14.2. The van der Waals surface area contributed by atoms with Crippen molar-refractivity contribution in [3.63, 3.8) is 0 Å². The number of fused-ring (bicyclic) bond motifs is 4. The number of hydrogen-bond donors (Lipinski definition) is 4. The van der Waals surface area contributed by atoms with Crippen LogP contribution in [0.4, 0.5) is 22.7 Å². The van der Waals surface area contributed by atoms with Gasteiger partial charge < -0.3 is 20.8 Å². The van der Waals surface area contributed by atoms with Crippen LogP contribution in [0.2, 0.25) is 0 Å². The number of carboxylic acids is 2. The second-order valence-corrected chi connectivity index (χ2v) is 6.37.